The zero-order valence-electron chi connectivity index (χ0n) is 14.9. The van der Waals surface area contributed by atoms with Gasteiger partial charge in [0.1, 0.15) is 11.3 Å². The summed E-state index contributed by atoms with van der Waals surface area (Å²) >= 11 is 1.23. The number of piperidine rings is 1. The minimum absolute atomic E-state index is 0.0793. The number of nitrogens with one attached hydrogen (secondary N) is 1. The van der Waals surface area contributed by atoms with Gasteiger partial charge in [-0.3, -0.25) is 9.59 Å². The lowest BCUT2D eigenvalue weighted by molar-refractivity contribution is -0.129. The molecular formula is C17H21N3O5S2. The number of sulfone groups is 1. The molecule has 2 heterocycles. The first kappa shape index (κ1) is 19.7. The molecule has 27 heavy (non-hydrogen) atoms. The molecule has 1 aromatic heterocycles. The van der Waals surface area contributed by atoms with Crippen LogP contribution in [0.4, 0.5) is 0 Å². The zero-order valence-corrected chi connectivity index (χ0v) is 16.5. The van der Waals surface area contributed by atoms with Crippen molar-refractivity contribution >= 4 is 44.5 Å². The summed E-state index contributed by atoms with van der Waals surface area (Å²) in [5.41, 5.74) is 1.42. The van der Waals surface area contributed by atoms with Crippen molar-refractivity contribution in [3.8, 4) is 0 Å². The third-order valence-electron chi connectivity index (χ3n) is 4.51. The number of rotatable bonds is 6. The van der Waals surface area contributed by atoms with Crippen LogP contribution in [0.15, 0.2) is 33.9 Å². The second kappa shape index (κ2) is 8.30. The third-order valence-corrected chi connectivity index (χ3v) is 7.47. The van der Waals surface area contributed by atoms with Crippen LogP contribution in [0, 0.1) is 0 Å². The number of fused-ring (bicyclic) bond motifs is 1. The van der Waals surface area contributed by atoms with E-state index >= 15 is 0 Å². The molecule has 2 amide bonds. The van der Waals surface area contributed by atoms with Crippen LogP contribution in [0.25, 0.3) is 11.1 Å². The maximum atomic E-state index is 12.4. The molecule has 10 heteroatoms. The molecule has 146 valence electrons. The second-order valence-electron chi connectivity index (χ2n) is 6.30. The number of hydrogen-bond acceptors (Lipinski definition) is 7. The molecule has 3 rings (SSSR count). The van der Waals surface area contributed by atoms with Crippen molar-refractivity contribution in [1.29, 1.82) is 0 Å². The van der Waals surface area contributed by atoms with Gasteiger partial charge >= 0.3 is 0 Å². The average molecular weight is 412 g/mol. The highest BCUT2D eigenvalue weighted by Gasteiger charge is 2.32. The highest BCUT2D eigenvalue weighted by molar-refractivity contribution is 7.99. The molecule has 1 aliphatic heterocycles. The Labute approximate surface area is 161 Å². The number of nitrogens with zero attached hydrogens (tertiary/aromatic N) is 2. The molecule has 0 atom stereocenters. The number of amides is 2. The number of carbonyl (C=O) groups excluding carboxylic acids is 2. The van der Waals surface area contributed by atoms with Crippen molar-refractivity contribution in [1.82, 2.24) is 15.2 Å². The van der Waals surface area contributed by atoms with Crippen LogP contribution in [-0.4, -0.2) is 67.0 Å². The van der Waals surface area contributed by atoms with E-state index in [0.29, 0.717) is 36.7 Å². The number of hydrogen-bond donors (Lipinski definition) is 1. The standard InChI is InChI=1S/C17H21N3O5S2/c1-18-15(21)11-27(23,24)12-6-8-20(9-7-12)16(22)10-26-17-19-13-4-2-3-5-14(13)25-17/h2-5,12H,6-11H2,1H3,(H,18,21). The molecule has 1 fully saturated rings. The van der Waals surface area contributed by atoms with Crippen LogP contribution in [0.2, 0.25) is 0 Å². The Bertz CT molecular complexity index is 900. The van der Waals surface area contributed by atoms with Gasteiger partial charge in [-0.15, -0.1) is 0 Å². The van der Waals surface area contributed by atoms with Gasteiger partial charge in [-0.2, -0.15) is 0 Å². The van der Waals surface area contributed by atoms with Crippen LogP contribution in [0.1, 0.15) is 12.8 Å². The average Bonchev–Trinajstić information content (AvgIpc) is 3.08. The molecule has 1 aliphatic rings. The molecule has 0 saturated carbocycles. The molecule has 0 unspecified atom stereocenters. The Hall–Kier alpha value is -2.07. The van der Waals surface area contributed by atoms with Gasteiger partial charge in [0.25, 0.3) is 5.22 Å². The van der Waals surface area contributed by atoms with Crippen molar-refractivity contribution in [2.45, 2.75) is 23.3 Å². The Morgan fingerprint density at radius 3 is 2.67 bits per heavy atom. The van der Waals surface area contributed by atoms with Gasteiger partial charge in [0.2, 0.25) is 11.8 Å². The number of oxazole rings is 1. The Morgan fingerprint density at radius 2 is 2.00 bits per heavy atom. The lowest BCUT2D eigenvalue weighted by atomic mass is 10.1. The highest BCUT2D eigenvalue weighted by atomic mass is 32.2. The molecule has 0 radical (unpaired) electrons. The molecule has 0 aliphatic carbocycles. The topological polar surface area (TPSA) is 110 Å². The fourth-order valence-corrected chi connectivity index (χ4v) is 5.38. The Kier molecular flexibility index (Phi) is 6.05. The fourth-order valence-electron chi connectivity index (χ4n) is 2.96. The third kappa shape index (κ3) is 4.81. The van der Waals surface area contributed by atoms with Crippen LogP contribution in [0.5, 0.6) is 0 Å². The predicted molar refractivity (Wildman–Crippen MR) is 102 cm³/mol. The number of benzene rings is 1. The van der Waals surface area contributed by atoms with E-state index in [2.05, 4.69) is 10.3 Å². The molecule has 1 N–H and O–H groups in total. The minimum Gasteiger partial charge on any atom is -0.431 e. The van der Waals surface area contributed by atoms with Crippen molar-refractivity contribution < 1.29 is 22.4 Å². The van der Waals surface area contributed by atoms with Crippen LogP contribution in [-0.2, 0) is 19.4 Å². The van der Waals surface area contributed by atoms with Crippen molar-refractivity contribution in [3.05, 3.63) is 24.3 Å². The quantitative estimate of drug-likeness (QED) is 0.708. The minimum atomic E-state index is -3.49. The first-order valence-corrected chi connectivity index (χ1v) is 11.3. The molecule has 8 nitrogen and oxygen atoms in total. The number of likely N-dealkylation sites (tertiary alicyclic amines) is 1. The monoisotopic (exact) mass is 411 g/mol. The van der Waals surface area contributed by atoms with Gasteiger partial charge in [0, 0.05) is 20.1 Å². The van der Waals surface area contributed by atoms with E-state index in [9.17, 15) is 18.0 Å². The largest absolute Gasteiger partial charge is 0.431 e. The summed E-state index contributed by atoms with van der Waals surface area (Å²) < 4.78 is 30.1. The van der Waals surface area contributed by atoms with Gasteiger partial charge in [0.05, 0.1) is 11.0 Å². The molecule has 0 spiro atoms. The Morgan fingerprint density at radius 1 is 1.30 bits per heavy atom. The first-order valence-electron chi connectivity index (χ1n) is 8.57. The number of para-hydroxylation sites is 2. The lowest BCUT2D eigenvalue weighted by Gasteiger charge is -2.31. The van der Waals surface area contributed by atoms with Crippen LogP contribution in [0.3, 0.4) is 0 Å². The predicted octanol–water partition coefficient (Wildman–Crippen LogP) is 1.07. The zero-order chi connectivity index (χ0) is 19.4. The van der Waals surface area contributed by atoms with E-state index < -0.39 is 26.7 Å². The summed E-state index contributed by atoms with van der Waals surface area (Å²) in [5.74, 6) is -0.911. The summed E-state index contributed by atoms with van der Waals surface area (Å²) in [5, 5.41) is 2.19. The van der Waals surface area contributed by atoms with E-state index in [1.807, 2.05) is 24.3 Å². The van der Waals surface area contributed by atoms with Gasteiger partial charge in [-0.25, -0.2) is 13.4 Å². The van der Waals surface area contributed by atoms with Gasteiger partial charge < -0.3 is 14.6 Å². The van der Waals surface area contributed by atoms with E-state index in [0.717, 1.165) is 5.52 Å². The van der Waals surface area contributed by atoms with Crippen molar-refractivity contribution in [3.63, 3.8) is 0 Å². The van der Waals surface area contributed by atoms with Crippen LogP contribution < -0.4 is 5.32 Å². The summed E-state index contributed by atoms with van der Waals surface area (Å²) in [6.45, 7) is 0.731. The fraction of sp³-hybridized carbons (Fsp3) is 0.471. The summed E-state index contributed by atoms with van der Waals surface area (Å²) in [4.78, 5) is 29.7. The smallest absolute Gasteiger partial charge is 0.257 e. The molecule has 0 bridgehead atoms. The molecule has 1 aromatic carbocycles. The normalized spacial score (nSPS) is 15.8. The van der Waals surface area contributed by atoms with E-state index in [4.69, 9.17) is 4.42 Å². The first-order chi connectivity index (χ1) is 12.9. The van der Waals surface area contributed by atoms with E-state index in [1.54, 1.807) is 4.90 Å². The highest BCUT2D eigenvalue weighted by Crippen LogP contribution is 2.24. The van der Waals surface area contributed by atoms with Crippen molar-refractivity contribution in [2.24, 2.45) is 0 Å². The molecular weight excluding hydrogens is 390 g/mol. The van der Waals surface area contributed by atoms with Gasteiger partial charge in [-0.1, -0.05) is 23.9 Å². The lowest BCUT2D eigenvalue weighted by Crippen LogP contribution is -2.44. The Balaban J connectivity index is 1.50. The van der Waals surface area contributed by atoms with E-state index in [-0.39, 0.29) is 11.7 Å². The maximum Gasteiger partial charge on any atom is 0.257 e. The molecule has 2 aromatic rings. The number of thioether (sulfide) groups is 1. The van der Waals surface area contributed by atoms with Gasteiger partial charge in [-0.05, 0) is 25.0 Å². The number of carbonyl (C=O) groups is 2. The number of aromatic nitrogens is 1. The van der Waals surface area contributed by atoms with E-state index in [1.165, 1.54) is 18.8 Å². The SMILES string of the molecule is CNC(=O)CS(=O)(=O)C1CCN(C(=O)CSc2nc3ccccc3o2)CC1. The molecule has 1 saturated heterocycles. The summed E-state index contributed by atoms with van der Waals surface area (Å²) in [6, 6.07) is 7.38. The maximum absolute atomic E-state index is 12.4. The second-order valence-corrected chi connectivity index (χ2v) is 9.50. The van der Waals surface area contributed by atoms with Crippen LogP contribution >= 0.6 is 11.8 Å². The van der Waals surface area contributed by atoms with Crippen molar-refractivity contribution in [2.75, 3.05) is 31.6 Å². The van der Waals surface area contributed by atoms with Gasteiger partial charge in [0.15, 0.2) is 15.4 Å². The summed E-state index contributed by atoms with van der Waals surface area (Å²) in [6.07, 6.45) is 0.692. The summed E-state index contributed by atoms with van der Waals surface area (Å²) in [7, 11) is -2.08.